The second-order valence-electron chi connectivity index (χ2n) is 5.18. The van der Waals surface area contributed by atoms with E-state index in [9.17, 15) is 0 Å². The lowest BCUT2D eigenvalue weighted by atomic mass is 10.3. The molecule has 0 atom stereocenters. The van der Waals surface area contributed by atoms with Crippen LogP contribution >= 0.6 is 11.8 Å². The number of aromatic nitrogens is 4. The molecule has 0 aliphatic heterocycles. The van der Waals surface area contributed by atoms with Gasteiger partial charge in [0.1, 0.15) is 11.8 Å². The van der Waals surface area contributed by atoms with Gasteiger partial charge < -0.3 is 10.3 Å². The van der Waals surface area contributed by atoms with E-state index in [1.807, 2.05) is 16.3 Å². The molecule has 0 bridgehead atoms. The summed E-state index contributed by atoms with van der Waals surface area (Å²) in [6, 6.07) is 0. The van der Waals surface area contributed by atoms with Gasteiger partial charge in [-0.05, 0) is 12.2 Å². The Kier molecular flexibility index (Phi) is 3.75. The molecule has 5 nitrogen and oxygen atoms in total. The number of rotatable bonds is 4. The number of nitrogen functional groups attached to an aromatic ring is 1. The molecule has 2 rings (SSSR count). The Morgan fingerprint density at radius 2 is 2.06 bits per heavy atom. The predicted octanol–water partition coefficient (Wildman–Crippen LogP) is 2.33. The van der Waals surface area contributed by atoms with Crippen LogP contribution in [-0.2, 0) is 6.54 Å². The standard InChI is InChI=1S/C12H19N5S/c1-12(2,3)18-6-4-5-17-8-16-9-10(13)14-7-15-11(9)17/h7-8H,4-6H2,1-3H3,(H2,13,14,15). The van der Waals surface area contributed by atoms with Crippen molar-refractivity contribution in [2.45, 2.75) is 38.5 Å². The molecule has 0 saturated heterocycles. The van der Waals surface area contributed by atoms with E-state index in [-0.39, 0.29) is 0 Å². The van der Waals surface area contributed by atoms with Crippen LogP contribution in [0.2, 0.25) is 0 Å². The van der Waals surface area contributed by atoms with Gasteiger partial charge >= 0.3 is 0 Å². The first-order valence-electron chi connectivity index (χ1n) is 6.02. The van der Waals surface area contributed by atoms with Crippen molar-refractivity contribution >= 4 is 28.7 Å². The summed E-state index contributed by atoms with van der Waals surface area (Å²) in [6.45, 7) is 7.62. The van der Waals surface area contributed by atoms with E-state index in [1.165, 1.54) is 6.33 Å². The van der Waals surface area contributed by atoms with Crippen LogP contribution in [0.5, 0.6) is 0 Å². The molecule has 0 aromatic carbocycles. The first kappa shape index (κ1) is 13.1. The molecule has 0 saturated carbocycles. The van der Waals surface area contributed by atoms with E-state index >= 15 is 0 Å². The fourth-order valence-corrected chi connectivity index (χ4v) is 2.56. The van der Waals surface area contributed by atoms with Gasteiger partial charge in [-0.25, -0.2) is 15.0 Å². The average Bonchev–Trinajstić information content (AvgIpc) is 2.68. The van der Waals surface area contributed by atoms with Crippen molar-refractivity contribution in [2.24, 2.45) is 0 Å². The smallest absolute Gasteiger partial charge is 0.165 e. The zero-order valence-corrected chi connectivity index (χ0v) is 11.9. The van der Waals surface area contributed by atoms with Gasteiger partial charge in [0.2, 0.25) is 0 Å². The van der Waals surface area contributed by atoms with Crippen LogP contribution in [0.15, 0.2) is 12.7 Å². The summed E-state index contributed by atoms with van der Waals surface area (Å²) in [5.74, 6) is 1.58. The maximum absolute atomic E-state index is 5.75. The Morgan fingerprint density at radius 3 is 2.78 bits per heavy atom. The maximum Gasteiger partial charge on any atom is 0.165 e. The van der Waals surface area contributed by atoms with E-state index in [2.05, 4.69) is 35.7 Å². The summed E-state index contributed by atoms with van der Waals surface area (Å²) < 4.78 is 2.36. The normalized spacial score (nSPS) is 12.2. The minimum absolute atomic E-state index is 0.323. The van der Waals surface area contributed by atoms with Crippen LogP contribution in [0.1, 0.15) is 27.2 Å². The van der Waals surface area contributed by atoms with Gasteiger partial charge in [-0.2, -0.15) is 11.8 Å². The molecule has 98 valence electrons. The van der Waals surface area contributed by atoms with E-state index in [1.54, 1.807) is 6.33 Å². The van der Waals surface area contributed by atoms with Gasteiger partial charge in [0.25, 0.3) is 0 Å². The van der Waals surface area contributed by atoms with E-state index in [0.29, 0.717) is 16.1 Å². The molecular formula is C12H19N5S. The third-order valence-corrected chi connectivity index (χ3v) is 3.87. The van der Waals surface area contributed by atoms with Crippen LogP contribution < -0.4 is 5.73 Å². The van der Waals surface area contributed by atoms with Gasteiger partial charge in [-0.3, -0.25) is 0 Å². The van der Waals surface area contributed by atoms with Crippen molar-refractivity contribution in [3.63, 3.8) is 0 Å². The second-order valence-corrected chi connectivity index (χ2v) is 7.11. The second kappa shape index (κ2) is 5.14. The number of nitrogens with two attached hydrogens (primary N) is 1. The zero-order valence-electron chi connectivity index (χ0n) is 11.1. The quantitative estimate of drug-likeness (QED) is 0.859. The molecule has 0 aliphatic rings. The fourth-order valence-electron chi connectivity index (χ4n) is 1.68. The predicted molar refractivity (Wildman–Crippen MR) is 76.6 cm³/mol. The molecule has 2 aromatic heterocycles. The summed E-state index contributed by atoms with van der Waals surface area (Å²) in [7, 11) is 0. The molecule has 2 heterocycles. The van der Waals surface area contributed by atoms with Crippen LogP contribution in [0.25, 0.3) is 11.2 Å². The van der Waals surface area contributed by atoms with Crippen LogP contribution in [0.3, 0.4) is 0 Å². The van der Waals surface area contributed by atoms with Crippen molar-refractivity contribution in [3.05, 3.63) is 12.7 Å². The molecule has 0 amide bonds. The van der Waals surface area contributed by atoms with Crippen molar-refractivity contribution in [1.29, 1.82) is 0 Å². The molecule has 6 heteroatoms. The summed E-state index contributed by atoms with van der Waals surface area (Å²) in [6.07, 6.45) is 4.37. The first-order chi connectivity index (χ1) is 8.47. The number of hydrogen-bond donors (Lipinski definition) is 1. The van der Waals surface area contributed by atoms with E-state index in [0.717, 1.165) is 24.4 Å². The molecule has 18 heavy (non-hydrogen) atoms. The zero-order chi connectivity index (χ0) is 13.2. The van der Waals surface area contributed by atoms with Crippen LogP contribution in [0, 0.1) is 0 Å². The Labute approximate surface area is 111 Å². The van der Waals surface area contributed by atoms with Crippen LogP contribution in [0.4, 0.5) is 5.82 Å². The number of fused-ring (bicyclic) bond motifs is 1. The highest BCUT2D eigenvalue weighted by atomic mass is 32.2. The molecular weight excluding hydrogens is 246 g/mol. The number of hydrogen-bond acceptors (Lipinski definition) is 5. The Morgan fingerprint density at radius 1 is 1.28 bits per heavy atom. The minimum Gasteiger partial charge on any atom is -0.382 e. The molecule has 2 N–H and O–H groups in total. The van der Waals surface area contributed by atoms with E-state index in [4.69, 9.17) is 5.73 Å². The van der Waals surface area contributed by atoms with E-state index < -0.39 is 0 Å². The molecule has 2 aromatic rings. The summed E-state index contributed by atoms with van der Waals surface area (Å²) in [5.41, 5.74) is 7.27. The SMILES string of the molecule is CC(C)(C)SCCCn1cnc2c(N)ncnc21. The monoisotopic (exact) mass is 265 g/mol. The fraction of sp³-hybridized carbons (Fsp3) is 0.583. The Balaban J connectivity index is 1.98. The molecule has 0 unspecified atom stereocenters. The number of thioether (sulfide) groups is 1. The van der Waals surface area contributed by atoms with Crippen molar-refractivity contribution < 1.29 is 0 Å². The van der Waals surface area contributed by atoms with Crippen LogP contribution in [-0.4, -0.2) is 30.0 Å². The Bertz CT molecular complexity index is 529. The minimum atomic E-state index is 0.323. The summed E-state index contributed by atoms with van der Waals surface area (Å²) in [5, 5.41) is 0. The van der Waals surface area contributed by atoms with Gasteiger partial charge in [-0.15, -0.1) is 0 Å². The highest BCUT2D eigenvalue weighted by Gasteiger charge is 2.10. The number of nitrogens with zero attached hydrogens (tertiary/aromatic N) is 4. The molecule has 0 radical (unpaired) electrons. The molecule has 0 aliphatic carbocycles. The number of aryl methyl sites for hydroxylation is 1. The third kappa shape index (κ3) is 3.13. The van der Waals surface area contributed by atoms with Gasteiger partial charge in [0.15, 0.2) is 11.5 Å². The molecule has 0 spiro atoms. The molecule has 0 fully saturated rings. The lowest BCUT2D eigenvalue weighted by Crippen LogP contribution is -2.09. The van der Waals surface area contributed by atoms with Crippen molar-refractivity contribution in [1.82, 2.24) is 19.5 Å². The lowest BCUT2D eigenvalue weighted by Gasteiger charge is -2.17. The summed E-state index contributed by atoms with van der Waals surface area (Å²) in [4.78, 5) is 12.4. The highest BCUT2D eigenvalue weighted by Crippen LogP contribution is 2.24. The first-order valence-corrected chi connectivity index (χ1v) is 7.01. The van der Waals surface area contributed by atoms with Crippen molar-refractivity contribution in [3.8, 4) is 0 Å². The third-order valence-electron chi connectivity index (χ3n) is 2.51. The largest absolute Gasteiger partial charge is 0.382 e. The number of anilines is 1. The lowest BCUT2D eigenvalue weighted by molar-refractivity contribution is 0.692. The highest BCUT2D eigenvalue weighted by molar-refractivity contribution is 8.00. The maximum atomic E-state index is 5.75. The van der Waals surface area contributed by atoms with Gasteiger partial charge in [0, 0.05) is 11.3 Å². The van der Waals surface area contributed by atoms with Gasteiger partial charge in [0.05, 0.1) is 6.33 Å². The Hall–Kier alpha value is -1.30. The van der Waals surface area contributed by atoms with Gasteiger partial charge in [-0.1, -0.05) is 20.8 Å². The van der Waals surface area contributed by atoms with Crippen molar-refractivity contribution in [2.75, 3.05) is 11.5 Å². The summed E-state index contributed by atoms with van der Waals surface area (Å²) >= 11 is 1.97. The topological polar surface area (TPSA) is 69.6 Å². The average molecular weight is 265 g/mol. The number of imidazole rings is 1.